The van der Waals surface area contributed by atoms with E-state index in [1.54, 1.807) is 0 Å². The van der Waals surface area contributed by atoms with E-state index in [0.717, 1.165) is 19.3 Å². The molecule has 1 aliphatic rings. The first-order valence-corrected chi connectivity index (χ1v) is 10.6. The van der Waals surface area contributed by atoms with Crippen LogP contribution >= 0.6 is 0 Å². The molecule has 0 radical (unpaired) electrons. The number of hydrogen-bond acceptors (Lipinski definition) is 5. The highest BCUT2D eigenvalue weighted by atomic mass is 16.6. The van der Waals surface area contributed by atoms with Gasteiger partial charge in [-0.1, -0.05) is 64.0 Å². The SMILES string of the molecule is CC/C=C/CCCCCCCCCCCO[C@H](CO)[C@H]1OC[C@H](O)[C@H]1O. The number of unbranched alkanes of at least 4 members (excludes halogenated alkanes) is 9. The molecule has 0 aromatic carbocycles. The van der Waals surface area contributed by atoms with Crippen LogP contribution in [0.2, 0.25) is 0 Å². The summed E-state index contributed by atoms with van der Waals surface area (Å²) in [6.45, 7) is 2.62. The number of hydrogen-bond donors (Lipinski definition) is 3. The fourth-order valence-corrected chi connectivity index (χ4v) is 3.33. The van der Waals surface area contributed by atoms with Crippen molar-refractivity contribution in [3.63, 3.8) is 0 Å². The Kier molecular flexibility index (Phi) is 14.1. The van der Waals surface area contributed by atoms with Crippen LogP contribution in [0.4, 0.5) is 0 Å². The monoisotopic (exact) mass is 372 g/mol. The Balaban J connectivity index is 1.89. The third-order valence-electron chi connectivity index (χ3n) is 4.99. The molecule has 3 N–H and O–H groups in total. The Morgan fingerprint density at radius 2 is 1.58 bits per heavy atom. The molecule has 1 heterocycles. The van der Waals surface area contributed by atoms with Crippen LogP contribution in [0.15, 0.2) is 12.2 Å². The van der Waals surface area contributed by atoms with Crippen LogP contribution in [0.3, 0.4) is 0 Å². The first kappa shape index (κ1) is 23.6. The van der Waals surface area contributed by atoms with Gasteiger partial charge in [0.15, 0.2) is 0 Å². The summed E-state index contributed by atoms with van der Waals surface area (Å²) < 4.78 is 11.0. The van der Waals surface area contributed by atoms with E-state index in [0.29, 0.717) is 6.61 Å². The van der Waals surface area contributed by atoms with Gasteiger partial charge < -0.3 is 24.8 Å². The molecule has 5 heteroatoms. The summed E-state index contributed by atoms with van der Waals surface area (Å²) >= 11 is 0. The molecule has 5 nitrogen and oxygen atoms in total. The number of aliphatic hydroxyl groups excluding tert-OH is 3. The lowest BCUT2D eigenvalue weighted by atomic mass is 10.1. The van der Waals surface area contributed by atoms with E-state index in [-0.39, 0.29) is 13.2 Å². The van der Waals surface area contributed by atoms with Gasteiger partial charge in [0.1, 0.15) is 24.4 Å². The Morgan fingerprint density at radius 1 is 0.962 bits per heavy atom. The summed E-state index contributed by atoms with van der Waals surface area (Å²) in [5, 5.41) is 28.7. The van der Waals surface area contributed by atoms with E-state index < -0.39 is 24.4 Å². The van der Waals surface area contributed by atoms with Crippen LogP contribution in [0.1, 0.15) is 77.6 Å². The second kappa shape index (κ2) is 15.6. The van der Waals surface area contributed by atoms with Crippen LogP contribution in [0, 0.1) is 0 Å². The largest absolute Gasteiger partial charge is 0.394 e. The van der Waals surface area contributed by atoms with Crippen LogP contribution in [0.25, 0.3) is 0 Å². The molecule has 0 saturated carbocycles. The van der Waals surface area contributed by atoms with Gasteiger partial charge in [0.25, 0.3) is 0 Å². The van der Waals surface area contributed by atoms with Crippen molar-refractivity contribution in [2.75, 3.05) is 19.8 Å². The minimum absolute atomic E-state index is 0.0983. The maximum absolute atomic E-state index is 9.80. The first-order valence-electron chi connectivity index (χ1n) is 10.6. The molecule has 0 spiro atoms. The summed E-state index contributed by atoms with van der Waals surface area (Å²) in [5.74, 6) is 0. The number of allylic oxidation sites excluding steroid dienone is 2. The maximum atomic E-state index is 9.80. The molecule has 0 unspecified atom stereocenters. The fraction of sp³-hybridized carbons (Fsp3) is 0.905. The van der Waals surface area contributed by atoms with Gasteiger partial charge in [-0.2, -0.15) is 0 Å². The van der Waals surface area contributed by atoms with Crippen molar-refractivity contribution in [2.24, 2.45) is 0 Å². The van der Waals surface area contributed by atoms with Gasteiger partial charge in [0.05, 0.1) is 13.2 Å². The van der Waals surface area contributed by atoms with Gasteiger partial charge in [0, 0.05) is 6.61 Å². The smallest absolute Gasteiger partial charge is 0.114 e. The van der Waals surface area contributed by atoms with Crippen LogP contribution in [0.5, 0.6) is 0 Å². The normalized spacial score (nSPS) is 24.5. The first-order chi connectivity index (χ1) is 12.7. The Hall–Kier alpha value is -0.460. The van der Waals surface area contributed by atoms with E-state index in [4.69, 9.17) is 9.47 Å². The second-order valence-electron chi connectivity index (χ2n) is 7.30. The zero-order valence-corrected chi connectivity index (χ0v) is 16.5. The summed E-state index contributed by atoms with van der Waals surface area (Å²) in [5.41, 5.74) is 0. The van der Waals surface area contributed by atoms with Crippen molar-refractivity contribution >= 4 is 0 Å². The molecule has 1 aliphatic heterocycles. The van der Waals surface area contributed by atoms with Crippen molar-refractivity contribution in [1.29, 1.82) is 0 Å². The van der Waals surface area contributed by atoms with Crippen LogP contribution < -0.4 is 0 Å². The molecule has 26 heavy (non-hydrogen) atoms. The lowest BCUT2D eigenvalue weighted by Crippen LogP contribution is -2.42. The predicted octanol–water partition coefficient (Wildman–Crippen LogP) is 3.35. The zero-order valence-electron chi connectivity index (χ0n) is 16.5. The van der Waals surface area contributed by atoms with Crippen molar-refractivity contribution in [1.82, 2.24) is 0 Å². The molecule has 0 bridgehead atoms. The van der Waals surface area contributed by atoms with Crippen molar-refractivity contribution in [3.05, 3.63) is 12.2 Å². The summed E-state index contributed by atoms with van der Waals surface area (Å²) in [6.07, 6.45) is 15.1. The van der Waals surface area contributed by atoms with Gasteiger partial charge in [-0.15, -0.1) is 0 Å². The lowest BCUT2D eigenvalue weighted by molar-refractivity contribution is -0.101. The summed E-state index contributed by atoms with van der Waals surface area (Å²) in [7, 11) is 0. The molecular weight excluding hydrogens is 332 g/mol. The highest BCUT2D eigenvalue weighted by Crippen LogP contribution is 2.20. The molecule has 0 aromatic rings. The molecule has 1 rings (SSSR count). The van der Waals surface area contributed by atoms with Crippen LogP contribution in [-0.2, 0) is 9.47 Å². The van der Waals surface area contributed by atoms with E-state index >= 15 is 0 Å². The standard InChI is InChI=1S/C21H40O5/c1-2-3-4-5-6-7-8-9-10-11-12-13-14-15-25-19(16-22)21-20(24)18(23)17-26-21/h3-4,18-24H,2,5-17H2,1H3/b4-3+/t18-,19+,20+,21+/m0/s1. The number of ether oxygens (including phenoxy) is 2. The molecular formula is C21H40O5. The Bertz CT molecular complexity index is 347. The van der Waals surface area contributed by atoms with Crippen molar-refractivity contribution in [3.8, 4) is 0 Å². The van der Waals surface area contributed by atoms with Gasteiger partial charge in [0.2, 0.25) is 0 Å². The third kappa shape index (κ3) is 10.0. The minimum atomic E-state index is -0.977. The molecule has 154 valence electrons. The Morgan fingerprint density at radius 3 is 2.12 bits per heavy atom. The Labute approximate surface area is 159 Å². The van der Waals surface area contributed by atoms with E-state index in [1.165, 1.54) is 51.4 Å². The fourth-order valence-electron chi connectivity index (χ4n) is 3.33. The topological polar surface area (TPSA) is 79.2 Å². The maximum Gasteiger partial charge on any atom is 0.114 e. The van der Waals surface area contributed by atoms with Crippen molar-refractivity contribution in [2.45, 2.75) is 102 Å². The minimum Gasteiger partial charge on any atom is -0.394 e. The highest BCUT2D eigenvalue weighted by molar-refractivity contribution is 4.88. The molecule has 4 atom stereocenters. The highest BCUT2D eigenvalue weighted by Gasteiger charge is 2.40. The summed E-state index contributed by atoms with van der Waals surface area (Å²) in [6, 6.07) is 0. The molecule has 1 fully saturated rings. The lowest BCUT2D eigenvalue weighted by Gasteiger charge is -2.24. The van der Waals surface area contributed by atoms with Gasteiger partial charge in [-0.05, 0) is 25.7 Å². The molecule has 0 amide bonds. The van der Waals surface area contributed by atoms with Crippen molar-refractivity contribution < 1.29 is 24.8 Å². The number of rotatable bonds is 16. The molecule has 0 aromatic heterocycles. The third-order valence-corrected chi connectivity index (χ3v) is 4.99. The zero-order chi connectivity index (χ0) is 19.0. The second-order valence-corrected chi connectivity index (χ2v) is 7.30. The number of aliphatic hydroxyl groups is 3. The molecule has 0 aliphatic carbocycles. The van der Waals surface area contributed by atoms with E-state index in [2.05, 4.69) is 19.1 Å². The molecule has 1 saturated heterocycles. The van der Waals surface area contributed by atoms with Gasteiger partial charge in [-0.25, -0.2) is 0 Å². The summed E-state index contributed by atoms with van der Waals surface area (Å²) in [4.78, 5) is 0. The van der Waals surface area contributed by atoms with E-state index in [1.807, 2.05) is 0 Å². The van der Waals surface area contributed by atoms with Gasteiger partial charge >= 0.3 is 0 Å². The van der Waals surface area contributed by atoms with E-state index in [9.17, 15) is 15.3 Å². The quantitative estimate of drug-likeness (QED) is 0.286. The average Bonchev–Trinajstić information content (AvgIpc) is 2.98. The predicted molar refractivity (Wildman–Crippen MR) is 104 cm³/mol. The van der Waals surface area contributed by atoms with Crippen LogP contribution in [-0.4, -0.2) is 59.6 Å². The van der Waals surface area contributed by atoms with Gasteiger partial charge in [-0.3, -0.25) is 0 Å². The average molecular weight is 373 g/mol.